The van der Waals surface area contributed by atoms with Crippen LogP contribution < -0.4 is 5.32 Å². The van der Waals surface area contributed by atoms with Crippen molar-refractivity contribution in [3.63, 3.8) is 0 Å². The van der Waals surface area contributed by atoms with Gasteiger partial charge in [0, 0.05) is 17.6 Å². The lowest BCUT2D eigenvalue weighted by atomic mass is 10.0. The Kier molecular flexibility index (Phi) is 4.91. The third-order valence-corrected chi connectivity index (χ3v) is 3.67. The number of benzene rings is 2. The minimum absolute atomic E-state index is 0.0161. The Bertz CT molecular complexity index is 625. The average Bonchev–Trinajstić information content (AvgIpc) is 2.41. The second-order valence-electron chi connectivity index (χ2n) is 4.92. The van der Waals surface area contributed by atoms with E-state index < -0.39 is 23.5 Å². The van der Waals surface area contributed by atoms with Crippen LogP contribution in [-0.2, 0) is 0 Å². The van der Waals surface area contributed by atoms with Gasteiger partial charge in [-0.1, -0.05) is 23.7 Å². The molecule has 2 aromatic carbocycles. The van der Waals surface area contributed by atoms with Gasteiger partial charge >= 0.3 is 0 Å². The molecule has 21 heavy (non-hydrogen) atoms. The number of nitrogens with one attached hydrogen (secondary N) is 1. The van der Waals surface area contributed by atoms with Gasteiger partial charge in [-0.3, -0.25) is 0 Å². The van der Waals surface area contributed by atoms with E-state index in [4.69, 9.17) is 11.6 Å². The van der Waals surface area contributed by atoms with Crippen LogP contribution in [0.2, 0.25) is 5.02 Å². The van der Waals surface area contributed by atoms with E-state index in [1.54, 1.807) is 13.0 Å². The first-order valence-corrected chi connectivity index (χ1v) is 6.93. The highest BCUT2D eigenvalue weighted by atomic mass is 35.5. The molecule has 0 saturated heterocycles. The Hall–Kier alpha value is -1.52. The molecule has 0 radical (unpaired) electrons. The minimum atomic E-state index is -0.598. The highest BCUT2D eigenvalue weighted by Gasteiger charge is 2.18. The van der Waals surface area contributed by atoms with Crippen LogP contribution in [0.1, 0.15) is 37.1 Å². The molecular weight excluding hydrogens is 299 g/mol. The Labute approximate surface area is 126 Å². The van der Waals surface area contributed by atoms with Crippen LogP contribution in [0, 0.1) is 17.5 Å². The molecule has 0 aliphatic rings. The van der Waals surface area contributed by atoms with Crippen molar-refractivity contribution in [2.24, 2.45) is 0 Å². The standard InChI is InChI=1S/C16H15ClF3N/c1-9(11-6-7-13(18)12(17)8-11)21-10(2)16-14(19)4-3-5-15(16)20/h3-10,21H,1-2H3. The third kappa shape index (κ3) is 3.57. The van der Waals surface area contributed by atoms with E-state index >= 15 is 0 Å². The van der Waals surface area contributed by atoms with E-state index in [1.165, 1.54) is 30.3 Å². The summed E-state index contributed by atoms with van der Waals surface area (Å²) in [6.45, 7) is 3.49. The summed E-state index contributed by atoms with van der Waals surface area (Å²) in [7, 11) is 0. The molecule has 0 spiro atoms. The highest BCUT2D eigenvalue weighted by molar-refractivity contribution is 6.30. The Morgan fingerprint density at radius 2 is 1.52 bits per heavy atom. The van der Waals surface area contributed by atoms with E-state index in [0.29, 0.717) is 0 Å². The first-order valence-electron chi connectivity index (χ1n) is 6.55. The van der Waals surface area contributed by atoms with Gasteiger partial charge in [-0.05, 0) is 43.7 Å². The van der Waals surface area contributed by atoms with Crippen LogP contribution in [0.4, 0.5) is 13.2 Å². The van der Waals surface area contributed by atoms with E-state index in [-0.39, 0.29) is 16.6 Å². The lowest BCUT2D eigenvalue weighted by Crippen LogP contribution is -2.24. The van der Waals surface area contributed by atoms with Crippen LogP contribution in [0.25, 0.3) is 0 Å². The van der Waals surface area contributed by atoms with E-state index in [9.17, 15) is 13.2 Å². The van der Waals surface area contributed by atoms with E-state index in [2.05, 4.69) is 5.32 Å². The summed E-state index contributed by atoms with van der Waals surface area (Å²) in [4.78, 5) is 0. The maximum absolute atomic E-state index is 13.7. The fourth-order valence-electron chi connectivity index (χ4n) is 2.26. The largest absolute Gasteiger partial charge is 0.303 e. The molecule has 0 aliphatic carbocycles. The molecule has 0 aliphatic heterocycles. The third-order valence-electron chi connectivity index (χ3n) is 3.38. The monoisotopic (exact) mass is 313 g/mol. The number of rotatable bonds is 4. The van der Waals surface area contributed by atoms with Crippen LogP contribution in [0.3, 0.4) is 0 Å². The zero-order chi connectivity index (χ0) is 15.6. The second kappa shape index (κ2) is 6.50. The summed E-state index contributed by atoms with van der Waals surface area (Å²) in [5.41, 5.74) is 0.725. The van der Waals surface area contributed by atoms with Crippen molar-refractivity contribution in [2.75, 3.05) is 0 Å². The van der Waals surface area contributed by atoms with Gasteiger partial charge in [-0.2, -0.15) is 0 Å². The first-order chi connectivity index (χ1) is 9.90. The Morgan fingerprint density at radius 1 is 0.905 bits per heavy atom. The van der Waals surface area contributed by atoms with Gasteiger partial charge in [0.2, 0.25) is 0 Å². The molecule has 2 aromatic rings. The molecule has 0 fully saturated rings. The van der Waals surface area contributed by atoms with Gasteiger partial charge in [0.1, 0.15) is 17.5 Å². The summed E-state index contributed by atoms with van der Waals surface area (Å²) in [6.07, 6.45) is 0. The molecule has 2 atom stereocenters. The topological polar surface area (TPSA) is 12.0 Å². The molecule has 1 N–H and O–H groups in total. The smallest absolute Gasteiger partial charge is 0.141 e. The fraction of sp³-hybridized carbons (Fsp3) is 0.250. The molecule has 0 saturated carbocycles. The zero-order valence-electron chi connectivity index (χ0n) is 11.6. The SMILES string of the molecule is CC(NC(C)c1c(F)cccc1F)c1ccc(F)c(Cl)c1. The van der Waals surface area contributed by atoms with Gasteiger partial charge in [0.05, 0.1) is 5.02 Å². The summed E-state index contributed by atoms with van der Waals surface area (Å²) in [5.74, 6) is -1.69. The summed E-state index contributed by atoms with van der Waals surface area (Å²) in [6, 6.07) is 7.34. The van der Waals surface area contributed by atoms with E-state index in [1.807, 2.05) is 6.92 Å². The molecule has 2 unspecified atom stereocenters. The number of hydrogen-bond acceptors (Lipinski definition) is 1. The van der Waals surface area contributed by atoms with Gasteiger partial charge < -0.3 is 5.32 Å². The van der Waals surface area contributed by atoms with Crippen molar-refractivity contribution in [2.45, 2.75) is 25.9 Å². The predicted octanol–water partition coefficient (Wildman–Crippen LogP) is 5.17. The summed E-state index contributed by atoms with van der Waals surface area (Å²) >= 11 is 5.74. The van der Waals surface area contributed by atoms with Gasteiger partial charge in [-0.15, -0.1) is 0 Å². The maximum Gasteiger partial charge on any atom is 0.141 e. The number of halogens is 4. The van der Waals surface area contributed by atoms with Crippen LogP contribution in [-0.4, -0.2) is 0 Å². The van der Waals surface area contributed by atoms with Crippen molar-refractivity contribution in [1.29, 1.82) is 0 Å². The molecule has 0 amide bonds. The normalized spacial score (nSPS) is 14.0. The summed E-state index contributed by atoms with van der Waals surface area (Å²) < 4.78 is 40.6. The molecule has 1 nitrogen and oxygen atoms in total. The van der Waals surface area contributed by atoms with Crippen LogP contribution in [0.15, 0.2) is 36.4 Å². The first kappa shape index (κ1) is 15.9. The second-order valence-corrected chi connectivity index (χ2v) is 5.33. The molecule has 112 valence electrons. The predicted molar refractivity (Wildman–Crippen MR) is 77.7 cm³/mol. The lowest BCUT2D eigenvalue weighted by molar-refractivity contribution is 0.449. The van der Waals surface area contributed by atoms with Crippen molar-refractivity contribution < 1.29 is 13.2 Å². The summed E-state index contributed by atoms with van der Waals surface area (Å²) in [5, 5.41) is 3.10. The van der Waals surface area contributed by atoms with Crippen molar-refractivity contribution in [3.8, 4) is 0 Å². The van der Waals surface area contributed by atoms with Gasteiger partial charge in [0.15, 0.2) is 0 Å². The van der Waals surface area contributed by atoms with Crippen LogP contribution in [0.5, 0.6) is 0 Å². The van der Waals surface area contributed by atoms with Crippen molar-refractivity contribution in [1.82, 2.24) is 5.32 Å². The Balaban J connectivity index is 2.18. The highest BCUT2D eigenvalue weighted by Crippen LogP contribution is 2.25. The zero-order valence-corrected chi connectivity index (χ0v) is 12.4. The number of hydrogen-bond donors (Lipinski definition) is 1. The van der Waals surface area contributed by atoms with E-state index in [0.717, 1.165) is 5.56 Å². The van der Waals surface area contributed by atoms with Gasteiger partial charge in [-0.25, -0.2) is 13.2 Å². The average molecular weight is 314 g/mol. The molecule has 5 heteroatoms. The molecule has 0 bridgehead atoms. The van der Waals surface area contributed by atoms with Crippen molar-refractivity contribution >= 4 is 11.6 Å². The maximum atomic E-state index is 13.7. The quantitative estimate of drug-likeness (QED) is 0.821. The van der Waals surface area contributed by atoms with Crippen molar-refractivity contribution in [3.05, 3.63) is 70.0 Å². The fourth-order valence-corrected chi connectivity index (χ4v) is 2.45. The van der Waals surface area contributed by atoms with Crippen LogP contribution >= 0.6 is 11.6 Å². The molecule has 2 rings (SSSR count). The molecule has 0 aromatic heterocycles. The molecular formula is C16H15ClF3N. The Morgan fingerprint density at radius 3 is 2.10 bits per heavy atom. The lowest BCUT2D eigenvalue weighted by Gasteiger charge is -2.21. The molecule has 0 heterocycles. The van der Waals surface area contributed by atoms with Gasteiger partial charge in [0.25, 0.3) is 0 Å². The minimum Gasteiger partial charge on any atom is -0.303 e.